The summed E-state index contributed by atoms with van der Waals surface area (Å²) in [6, 6.07) is 6.58. The second-order valence-electron chi connectivity index (χ2n) is 7.82. The third-order valence-corrected chi connectivity index (χ3v) is 6.66. The summed E-state index contributed by atoms with van der Waals surface area (Å²) in [6.45, 7) is 1.84. The van der Waals surface area contributed by atoms with E-state index in [4.69, 9.17) is 5.73 Å². The number of hydrogen-bond acceptors (Lipinski definition) is 5. The van der Waals surface area contributed by atoms with E-state index in [-0.39, 0.29) is 17.2 Å². The van der Waals surface area contributed by atoms with Crippen LogP contribution in [0.2, 0.25) is 0 Å². The Balaban J connectivity index is 1.76. The Morgan fingerprint density at radius 3 is 2.63 bits per heavy atom. The number of rotatable bonds is 3. The molecule has 4 rings (SSSR count). The number of hydrogen-bond donors (Lipinski definition) is 2. The summed E-state index contributed by atoms with van der Waals surface area (Å²) in [5.41, 5.74) is 9.91. The predicted molar refractivity (Wildman–Crippen MR) is 111 cm³/mol. The first-order valence-electron chi connectivity index (χ1n) is 10.00. The van der Waals surface area contributed by atoms with Gasteiger partial charge in [-0.05, 0) is 60.6 Å². The minimum absolute atomic E-state index is 0.185. The lowest BCUT2D eigenvalue weighted by atomic mass is 9.82. The number of carbonyl (C=O) groups excluding carboxylic acids is 2. The molecule has 6 heteroatoms. The van der Waals surface area contributed by atoms with Crippen molar-refractivity contribution >= 4 is 34.7 Å². The molecule has 0 unspecified atom stereocenters. The van der Waals surface area contributed by atoms with E-state index in [1.165, 1.54) is 43.4 Å². The van der Waals surface area contributed by atoms with Gasteiger partial charge in [0.1, 0.15) is 0 Å². The zero-order chi connectivity index (χ0) is 18.8. The minimum atomic E-state index is -0.297. The van der Waals surface area contributed by atoms with Gasteiger partial charge in [0.25, 0.3) is 11.1 Å². The molecule has 27 heavy (non-hydrogen) atoms. The quantitative estimate of drug-likeness (QED) is 0.770. The number of piperidine rings is 1. The van der Waals surface area contributed by atoms with Crippen LogP contribution in [0, 0.1) is 0 Å². The van der Waals surface area contributed by atoms with Crippen LogP contribution in [0.5, 0.6) is 0 Å². The van der Waals surface area contributed by atoms with Crippen molar-refractivity contribution in [3.05, 3.63) is 34.2 Å². The number of thioether (sulfide) groups is 1. The second-order valence-corrected chi connectivity index (χ2v) is 8.84. The smallest absolute Gasteiger partial charge is 0.290 e. The average Bonchev–Trinajstić information content (AvgIpc) is 2.99. The van der Waals surface area contributed by atoms with Crippen LogP contribution < -0.4 is 16.0 Å². The minimum Gasteiger partial charge on any atom is -0.369 e. The number of para-hydroxylation sites is 1. The summed E-state index contributed by atoms with van der Waals surface area (Å²) in [4.78, 5) is 26.5. The van der Waals surface area contributed by atoms with E-state index >= 15 is 0 Å². The van der Waals surface area contributed by atoms with Crippen molar-refractivity contribution < 1.29 is 9.59 Å². The molecule has 0 bridgehead atoms. The molecule has 1 atom stereocenters. The van der Waals surface area contributed by atoms with Crippen molar-refractivity contribution in [3.63, 3.8) is 0 Å². The maximum Gasteiger partial charge on any atom is 0.290 e. The second kappa shape index (κ2) is 8.07. The van der Waals surface area contributed by atoms with Gasteiger partial charge in [-0.3, -0.25) is 14.9 Å². The van der Waals surface area contributed by atoms with E-state index in [9.17, 15) is 9.59 Å². The van der Waals surface area contributed by atoms with Gasteiger partial charge in [-0.2, -0.15) is 0 Å². The number of imide groups is 1. The summed E-state index contributed by atoms with van der Waals surface area (Å²) in [7, 11) is 0. The molecule has 2 amide bonds. The highest BCUT2D eigenvalue weighted by molar-refractivity contribution is 8.18. The van der Waals surface area contributed by atoms with Crippen LogP contribution in [0.3, 0.4) is 0 Å². The highest BCUT2D eigenvalue weighted by Gasteiger charge is 2.28. The fraction of sp³-hybridized carbons (Fsp3) is 0.524. The summed E-state index contributed by atoms with van der Waals surface area (Å²) in [5.74, 6) is 0.270. The fourth-order valence-electron chi connectivity index (χ4n) is 4.58. The molecule has 3 N–H and O–H groups in total. The standard InChI is InChI=1S/C21H27N3O2S/c22-16-9-5-11-24(13-16)19-15(12-18-20(25)23-21(26)27-18)8-4-10-17(19)14-6-2-1-3-7-14/h4,8,10,12,14,16H,1-3,5-7,9,11,13,22H2,(H,23,25,26)/b18-12-/t16-/m1/s1. The topological polar surface area (TPSA) is 75.4 Å². The molecule has 3 aliphatic rings. The summed E-state index contributed by atoms with van der Waals surface area (Å²) in [6.07, 6.45) is 10.4. The largest absolute Gasteiger partial charge is 0.369 e. The molecule has 1 aromatic carbocycles. The molecule has 1 saturated carbocycles. The number of nitrogens with one attached hydrogen (secondary N) is 1. The Morgan fingerprint density at radius 2 is 1.93 bits per heavy atom. The van der Waals surface area contributed by atoms with Gasteiger partial charge in [0.2, 0.25) is 0 Å². The van der Waals surface area contributed by atoms with Crippen LogP contribution in [0.15, 0.2) is 23.1 Å². The number of benzene rings is 1. The average molecular weight is 386 g/mol. The molecule has 0 aromatic heterocycles. The first-order chi connectivity index (χ1) is 13.1. The van der Waals surface area contributed by atoms with Crippen molar-refractivity contribution in [1.29, 1.82) is 0 Å². The highest BCUT2D eigenvalue weighted by Crippen LogP contribution is 2.41. The lowest BCUT2D eigenvalue weighted by Crippen LogP contribution is -2.43. The Morgan fingerprint density at radius 1 is 1.11 bits per heavy atom. The molecule has 2 aliphatic heterocycles. The van der Waals surface area contributed by atoms with Gasteiger partial charge in [0.15, 0.2) is 0 Å². The van der Waals surface area contributed by atoms with Crippen LogP contribution in [0.4, 0.5) is 10.5 Å². The van der Waals surface area contributed by atoms with Crippen molar-refractivity contribution in [2.75, 3.05) is 18.0 Å². The maximum atomic E-state index is 12.1. The SMILES string of the molecule is N[C@@H]1CCCN(c2c(/C=C3\SC(=O)NC3=O)cccc2C2CCCCC2)C1. The Kier molecular flexibility index (Phi) is 5.55. The molecule has 2 saturated heterocycles. The third kappa shape index (κ3) is 4.06. The Bertz CT molecular complexity index is 771. The van der Waals surface area contributed by atoms with Gasteiger partial charge in [0, 0.05) is 24.8 Å². The normalized spacial score (nSPS) is 25.9. The number of amides is 2. The van der Waals surface area contributed by atoms with Crippen molar-refractivity contribution in [2.24, 2.45) is 5.73 Å². The molecule has 0 radical (unpaired) electrons. The van der Waals surface area contributed by atoms with Crippen LogP contribution in [-0.4, -0.2) is 30.3 Å². The van der Waals surface area contributed by atoms with E-state index in [0.29, 0.717) is 10.8 Å². The molecule has 3 fully saturated rings. The van der Waals surface area contributed by atoms with Crippen LogP contribution in [-0.2, 0) is 4.79 Å². The van der Waals surface area contributed by atoms with Crippen molar-refractivity contribution in [3.8, 4) is 0 Å². The van der Waals surface area contributed by atoms with E-state index in [0.717, 1.165) is 43.3 Å². The molecular weight excluding hydrogens is 358 g/mol. The Hall–Kier alpha value is -1.79. The third-order valence-electron chi connectivity index (χ3n) is 5.85. The first-order valence-corrected chi connectivity index (χ1v) is 10.8. The molecule has 1 aliphatic carbocycles. The van der Waals surface area contributed by atoms with Crippen molar-refractivity contribution in [2.45, 2.75) is 56.9 Å². The van der Waals surface area contributed by atoms with Gasteiger partial charge < -0.3 is 10.6 Å². The van der Waals surface area contributed by atoms with Gasteiger partial charge in [-0.15, -0.1) is 0 Å². The molecular formula is C21H27N3O2S. The summed E-state index contributed by atoms with van der Waals surface area (Å²) >= 11 is 0.984. The lowest BCUT2D eigenvalue weighted by Gasteiger charge is -2.37. The number of anilines is 1. The van der Waals surface area contributed by atoms with E-state index in [2.05, 4.69) is 28.4 Å². The monoisotopic (exact) mass is 385 g/mol. The Labute approximate surface area is 164 Å². The van der Waals surface area contributed by atoms with E-state index in [1.807, 2.05) is 6.08 Å². The van der Waals surface area contributed by atoms with Gasteiger partial charge >= 0.3 is 0 Å². The fourth-order valence-corrected chi connectivity index (χ4v) is 5.25. The van der Waals surface area contributed by atoms with Crippen LogP contribution in [0.1, 0.15) is 62.0 Å². The van der Waals surface area contributed by atoms with Gasteiger partial charge in [-0.25, -0.2) is 0 Å². The zero-order valence-electron chi connectivity index (χ0n) is 15.6. The summed E-state index contributed by atoms with van der Waals surface area (Å²) in [5, 5.41) is 2.06. The maximum absolute atomic E-state index is 12.1. The zero-order valence-corrected chi connectivity index (χ0v) is 16.4. The molecule has 2 heterocycles. The van der Waals surface area contributed by atoms with E-state index in [1.54, 1.807) is 0 Å². The number of carbonyl (C=O) groups is 2. The van der Waals surface area contributed by atoms with Gasteiger partial charge in [-0.1, -0.05) is 37.5 Å². The molecule has 5 nitrogen and oxygen atoms in total. The van der Waals surface area contributed by atoms with E-state index < -0.39 is 0 Å². The molecule has 144 valence electrons. The number of nitrogens with two attached hydrogens (primary N) is 1. The lowest BCUT2D eigenvalue weighted by molar-refractivity contribution is -0.115. The number of nitrogens with zero attached hydrogens (tertiary/aromatic N) is 1. The van der Waals surface area contributed by atoms with Gasteiger partial charge in [0.05, 0.1) is 4.91 Å². The van der Waals surface area contributed by atoms with Crippen LogP contribution >= 0.6 is 11.8 Å². The highest BCUT2D eigenvalue weighted by atomic mass is 32.2. The van der Waals surface area contributed by atoms with Crippen LogP contribution in [0.25, 0.3) is 6.08 Å². The molecule has 1 aromatic rings. The molecule has 0 spiro atoms. The predicted octanol–water partition coefficient (Wildman–Crippen LogP) is 3.99. The summed E-state index contributed by atoms with van der Waals surface area (Å²) < 4.78 is 0. The first kappa shape index (κ1) is 18.6. The van der Waals surface area contributed by atoms with Crippen molar-refractivity contribution in [1.82, 2.24) is 5.32 Å².